The minimum Gasteiger partial charge on any atom is -0.543 e. The summed E-state index contributed by atoms with van der Waals surface area (Å²) in [6.45, 7) is 1.18. The first-order chi connectivity index (χ1) is 18.5. The maximum absolute atomic E-state index is 13.0. The molecule has 2 amide bonds. The van der Waals surface area contributed by atoms with Gasteiger partial charge in [-0.05, 0) is 23.8 Å². The average molecular weight is 619 g/mol. The molecule has 0 aliphatic carbocycles. The van der Waals surface area contributed by atoms with E-state index in [0.717, 1.165) is 39.8 Å². The van der Waals surface area contributed by atoms with E-state index >= 15 is 0 Å². The Morgan fingerprint density at radius 1 is 1.23 bits per heavy atom. The quantitative estimate of drug-likeness (QED) is 0.235. The minimum atomic E-state index is -4.56. The Balaban J connectivity index is 1.37. The van der Waals surface area contributed by atoms with Crippen LogP contribution in [-0.2, 0) is 27.1 Å². The van der Waals surface area contributed by atoms with E-state index in [2.05, 4.69) is 5.32 Å². The van der Waals surface area contributed by atoms with Gasteiger partial charge >= 0.3 is 6.18 Å². The monoisotopic (exact) mass is 618 g/mol. The lowest BCUT2D eigenvalue weighted by Gasteiger charge is -2.50. The number of alkyl halides is 3. The smallest absolute Gasteiger partial charge is 0.416 e. The molecule has 8 nitrogen and oxygen atoms in total. The van der Waals surface area contributed by atoms with Crippen LogP contribution >= 0.6 is 46.9 Å². The number of benzene rings is 1. The van der Waals surface area contributed by atoms with E-state index in [9.17, 15) is 32.7 Å². The first-order valence-electron chi connectivity index (χ1n) is 11.5. The second-order valence-electron chi connectivity index (χ2n) is 8.48. The van der Waals surface area contributed by atoms with Crippen molar-refractivity contribution < 1.29 is 37.2 Å². The van der Waals surface area contributed by atoms with E-state index in [-0.39, 0.29) is 21.4 Å². The molecule has 208 valence electrons. The number of carbonyl (C=O) groups is 3. The van der Waals surface area contributed by atoms with Gasteiger partial charge in [0.2, 0.25) is 5.91 Å². The molecule has 2 aliphatic rings. The molecule has 2 aromatic rings. The van der Waals surface area contributed by atoms with Gasteiger partial charge in [0.15, 0.2) is 18.9 Å². The van der Waals surface area contributed by atoms with E-state index in [0.29, 0.717) is 30.2 Å². The van der Waals surface area contributed by atoms with Gasteiger partial charge in [0.1, 0.15) is 11.4 Å². The van der Waals surface area contributed by atoms with Crippen LogP contribution in [0.1, 0.15) is 5.56 Å². The number of halogens is 4. The summed E-state index contributed by atoms with van der Waals surface area (Å²) in [5.74, 6) is -2.28. The van der Waals surface area contributed by atoms with E-state index in [1.807, 2.05) is 29.1 Å². The van der Waals surface area contributed by atoms with Gasteiger partial charge in [-0.15, -0.1) is 35.3 Å². The molecule has 3 N–H and O–H groups in total. The van der Waals surface area contributed by atoms with Gasteiger partial charge in [0, 0.05) is 33.4 Å². The first kappa shape index (κ1) is 29.6. The number of carbonyl (C=O) groups excluding carboxylic acids is 3. The van der Waals surface area contributed by atoms with Crippen LogP contribution in [0.3, 0.4) is 0 Å². The van der Waals surface area contributed by atoms with Crippen molar-refractivity contribution in [2.45, 2.75) is 33.9 Å². The molecule has 0 bridgehead atoms. The van der Waals surface area contributed by atoms with Crippen molar-refractivity contribution in [1.82, 2.24) is 10.2 Å². The lowest BCUT2D eigenvalue weighted by Crippen LogP contribution is -2.71. The van der Waals surface area contributed by atoms with Crippen LogP contribution in [0.2, 0.25) is 5.02 Å². The highest BCUT2D eigenvalue weighted by Crippen LogP contribution is 2.41. The van der Waals surface area contributed by atoms with Crippen LogP contribution in [0, 0.1) is 0 Å². The van der Waals surface area contributed by atoms with Crippen molar-refractivity contribution in [2.75, 3.05) is 23.8 Å². The van der Waals surface area contributed by atoms with Crippen LogP contribution in [0.4, 0.5) is 13.2 Å². The number of aliphatic carboxylic acids is 1. The number of hydrogen-bond acceptors (Lipinski definition) is 8. The third-order valence-electron chi connectivity index (χ3n) is 5.84. The summed E-state index contributed by atoms with van der Waals surface area (Å²) in [7, 11) is 0. The summed E-state index contributed by atoms with van der Waals surface area (Å²) in [5, 5.41) is 14.0. The molecule has 0 unspecified atom stereocenters. The number of β-lactam (4-membered cyclic amide) rings is 1. The van der Waals surface area contributed by atoms with Crippen molar-refractivity contribution in [2.24, 2.45) is 5.73 Å². The van der Waals surface area contributed by atoms with E-state index in [4.69, 9.17) is 17.3 Å². The Bertz CT molecular complexity index is 1310. The van der Waals surface area contributed by atoms with Gasteiger partial charge in [-0.2, -0.15) is 13.2 Å². The van der Waals surface area contributed by atoms with Gasteiger partial charge in [-0.25, -0.2) is 4.57 Å². The van der Waals surface area contributed by atoms with Crippen LogP contribution in [0.15, 0.2) is 63.8 Å². The number of amides is 2. The Morgan fingerprint density at radius 3 is 2.59 bits per heavy atom. The molecule has 0 radical (unpaired) electrons. The van der Waals surface area contributed by atoms with Gasteiger partial charge < -0.3 is 21.0 Å². The minimum absolute atomic E-state index is 0.0638. The molecule has 39 heavy (non-hydrogen) atoms. The summed E-state index contributed by atoms with van der Waals surface area (Å²) in [6.07, 6.45) is -0.807. The first-order valence-corrected chi connectivity index (χ1v) is 14.9. The molecule has 3 heterocycles. The summed E-state index contributed by atoms with van der Waals surface area (Å²) >= 11 is 9.52. The fourth-order valence-electron chi connectivity index (χ4n) is 3.94. The van der Waals surface area contributed by atoms with E-state index < -0.39 is 40.9 Å². The number of nitrogens with one attached hydrogen (secondary N) is 1. The lowest BCUT2D eigenvalue weighted by atomic mass is 10.0. The second kappa shape index (κ2) is 12.4. The van der Waals surface area contributed by atoms with Crippen molar-refractivity contribution in [3.63, 3.8) is 0 Å². The van der Waals surface area contributed by atoms with Gasteiger partial charge in [0.25, 0.3) is 5.91 Å². The van der Waals surface area contributed by atoms with Crippen molar-refractivity contribution in [1.29, 1.82) is 0 Å². The summed E-state index contributed by atoms with van der Waals surface area (Å²) in [5.41, 5.74) is 5.00. The van der Waals surface area contributed by atoms with E-state index in [1.54, 1.807) is 0 Å². The van der Waals surface area contributed by atoms with Crippen molar-refractivity contribution in [3.05, 3.63) is 64.6 Å². The van der Waals surface area contributed by atoms with E-state index in [1.165, 1.54) is 23.5 Å². The molecule has 2 aliphatic heterocycles. The molecule has 0 spiro atoms. The van der Waals surface area contributed by atoms with Gasteiger partial charge in [0.05, 0.1) is 34.6 Å². The maximum Gasteiger partial charge on any atom is 0.416 e. The Labute approximate surface area is 239 Å². The standard InChI is InChI=1S/C24H22ClF3N4O4S3/c25-16-2-1-14(24(26,27)28)9-17(16)38-12-18(33)30-19-21(34)32-20(23(35)36)13(11-39-22(19)32)10-37-15-3-6-31(7-4-15)8-5-29/h1-4,6-7,9,19,22H,5,8,10-12,29H2,(H-,30,33,35,36)/t19-,22-/m1/s1. The number of thioether (sulfide) groups is 3. The SMILES string of the molecule is NCC[n+]1ccc(SCC2=C(C(=O)[O-])N3C(=O)[C@@H](NC(=O)CSc4cc(C(F)(F)F)ccc4Cl)[C@H]3SC2)cc1. The predicted octanol–water partition coefficient (Wildman–Crippen LogP) is 1.89. The third-order valence-corrected chi connectivity index (χ3v) is 9.77. The number of nitrogens with two attached hydrogens (primary N) is 1. The lowest BCUT2D eigenvalue weighted by molar-refractivity contribution is -0.694. The number of pyridine rings is 1. The molecule has 15 heteroatoms. The zero-order valence-corrected chi connectivity index (χ0v) is 23.3. The number of carboxylic acids is 1. The highest BCUT2D eigenvalue weighted by Gasteiger charge is 2.52. The third kappa shape index (κ3) is 6.85. The fraction of sp³-hybridized carbons (Fsp3) is 0.333. The zero-order valence-electron chi connectivity index (χ0n) is 20.1. The zero-order chi connectivity index (χ0) is 28.3. The molecule has 1 fully saturated rings. The fourth-order valence-corrected chi connectivity index (χ4v) is 7.38. The van der Waals surface area contributed by atoms with Crippen LogP contribution in [0.25, 0.3) is 0 Å². The summed E-state index contributed by atoms with van der Waals surface area (Å²) < 4.78 is 40.9. The number of rotatable bonds is 10. The van der Waals surface area contributed by atoms with Gasteiger partial charge in [-0.3, -0.25) is 14.5 Å². The normalized spacial score (nSPS) is 19.0. The average Bonchev–Trinajstić information content (AvgIpc) is 2.89. The van der Waals surface area contributed by atoms with Gasteiger partial charge in [-0.1, -0.05) is 11.6 Å². The van der Waals surface area contributed by atoms with Crippen LogP contribution < -0.4 is 20.7 Å². The number of nitrogens with zero attached hydrogens (tertiary/aromatic N) is 2. The Kier molecular flexibility index (Phi) is 9.42. The summed E-state index contributed by atoms with van der Waals surface area (Å²) in [6, 6.07) is 5.64. The van der Waals surface area contributed by atoms with Crippen molar-refractivity contribution in [3.8, 4) is 0 Å². The molecule has 1 aromatic heterocycles. The second-order valence-corrected chi connectivity index (χ2v) is 12.1. The number of hydrogen-bond donors (Lipinski definition) is 2. The van der Waals surface area contributed by atoms with Crippen LogP contribution in [0.5, 0.6) is 0 Å². The Hall–Kier alpha value is -2.39. The summed E-state index contributed by atoms with van der Waals surface area (Å²) in [4.78, 5) is 39.4. The van der Waals surface area contributed by atoms with Crippen molar-refractivity contribution >= 4 is 64.7 Å². The molecule has 1 saturated heterocycles. The van der Waals surface area contributed by atoms with Crippen LogP contribution in [-0.4, -0.2) is 57.9 Å². The molecular weight excluding hydrogens is 597 g/mol. The molecular formula is C24H22ClF3N4O4S3. The predicted molar refractivity (Wildman–Crippen MR) is 141 cm³/mol. The number of fused-ring (bicyclic) bond motifs is 1. The topological polar surface area (TPSA) is 119 Å². The molecule has 0 saturated carbocycles. The molecule has 4 rings (SSSR count). The molecule has 2 atom stereocenters. The highest BCUT2D eigenvalue weighted by molar-refractivity contribution is 8.01. The Morgan fingerprint density at radius 2 is 1.95 bits per heavy atom. The number of carboxylic acid groups (broad SMARTS) is 1. The molecule has 1 aromatic carbocycles. The maximum atomic E-state index is 13.0. The highest BCUT2D eigenvalue weighted by atomic mass is 35.5. The number of aromatic nitrogens is 1. The largest absolute Gasteiger partial charge is 0.543 e.